The summed E-state index contributed by atoms with van der Waals surface area (Å²) in [6.07, 6.45) is 0. The zero-order valence-corrected chi connectivity index (χ0v) is 17.5. The molecule has 0 heterocycles. The summed E-state index contributed by atoms with van der Waals surface area (Å²) in [5.74, 6) is 0. The van der Waals surface area contributed by atoms with E-state index in [0.717, 1.165) is 0 Å². The highest BCUT2D eigenvalue weighted by Crippen LogP contribution is 2.23. The first-order valence-electron chi connectivity index (χ1n) is 10.2. The lowest BCUT2D eigenvalue weighted by molar-refractivity contribution is 1.78. The molecule has 0 saturated carbocycles. The second-order valence-electron chi connectivity index (χ2n) is 7.85. The molecule has 0 nitrogen and oxygen atoms in total. The van der Waals surface area contributed by atoms with Crippen LogP contribution in [-0.4, -0.2) is 20.4 Å². The average molecular weight is 379 g/mol. The minimum absolute atomic E-state index is 0.610. The molecule has 0 fully saturated rings. The molecule has 29 heavy (non-hydrogen) atoms. The standard InChI is InChI=1S/2C14H9.Mg/c2*1-2-6-12-10-14-8-4-3-7-13(14)9-11(12)5-1;/h2*1-7,9-10H;. The van der Waals surface area contributed by atoms with E-state index in [2.05, 4.69) is 109 Å². The Hall–Kier alpha value is -2.87. The lowest BCUT2D eigenvalue weighted by Gasteiger charge is -2.11. The maximum absolute atomic E-state index is 2.38. The van der Waals surface area contributed by atoms with Crippen LogP contribution in [0.1, 0.15) is 0 Å². The number of benzene rings is 6. The first-order valence-corrected chi connectivity index (χ1v) is 11.6. The first-order chi connectivity index (χ1) is 14.3. The predicted molar refractivity (Wildman–Crippen MR) is 128 cm³/mol. The van der Waals surface area contributed by atoms with Gasteiger partial charge in [-0.15, -0.1) is 0 Å². The Bertz CT molecular complexity index is 1410. The highest BCUT2D eigenvalue weighted by molar-refractivity contribution is 6.72. The van der Waals surface area contributed by atoms with E-state index >= 15 is 0 Å². The summed E-state index contributed by atoms with van der Waals surface area (Å²) in [4.78, 5) is 0. The van der Waals surface area contributed by atoms with Crippen LogP contribution >= 0.6 is 0 Å². The van der Waals surface area contributed by atoms with E-state index in [0.29, 0.717) is 0 Å². The molecule has 132 valence electrons. The third-order valence-electron chi connectivity index (χ3n) is 6.05. The van der Waals surface area contributed by atoms with Gasteiger partial charge in [-0.25, -0.2) is 0 Å². The van der Waals surface area contributed by atoms with Crippen LogP contribution in [0.3, 0.4) is 0 Å². The molecule has 6 aromatic carbocycles. The van der Waals surface area contributed by atoms with Crippen molar-refractivity contribution in [3.8, 4) is 0 Å². The minimum atomic E-state index is -0.610. The van der Waals surface area contributed by atoms with Gasteiger partial charge in [0, 0.05) is 0 Å². The van der Waals surface area contributed by atoms with E-state index in [9.17, 15) is 0 Å². The van der Waals surface area contributed by atoms with Crippen LogP contribution in [0, 0.1) is 0 Å². The molecule has 0 atom stereocenters. The van der Waals surface area contributed by atoms with Gasteiger partial charge in [-0.3, -0.25) is 0 Å². The van der Waals surface area contributed by atoms with Gasteiger partial charge in [0.05, 0.1) is 0 Å². The monoisotopic (exact) mass is 378 g/mol. The van der Waals surface area contributed by atoms with Gasteiger partial charge in [0.1, 0.15) is 0 Å². The van der Waals surface area contributed by atoms with Crippen molar-refractivity contribution >= 4 is 70.8 Å². The summed E-state index contributed by atoms with van der Waals surface area (Å²) in [5, 5.41) is 10.8. The molecule has 1 heteroatoms. The average Bonchev–Trinajstić information content (AvgIpc) is 2.77. The van der Waals surface area contributed by atoms with E-state index in [1.165, 1.54) is 50.5 Å². The van der Waals surface area contributed by atoms with Crippen molar-refractivity contribution in [2.75, 3.05) is 0 Å². The fraction of sp³-hybridized carbons (Fsp3) is 0. The third kappa shape index (κ3) is 2.98. The van der Waals surface area contributed by atoms with Crippen LogP contribution in [0.15, 0.2) is 109 Å². The molecule has 0 amide bonds. The Morgan fingerprint density at radius 2 is 0.724 bits per heavy atom. The van der Waals surface area contributed by atoms with Crippen molar-refractivity contribution < 1.29 is 0 Å². The van der Waals surface area contributed by atoms with Crippen LogP contribution < -0.4 is 7.39 Å². The molecular weight excluding hydrogens is 361 g/mol. The van der Waals surface area contributed by atoms with Gasteiger partial charge in [0.25, 0.3) is 0 Å². The van der Waals surface area contributed by atoms with Gasteiger partial charge < -0.3 is 0 Å². The second-order valence-corrected chi connectivity index (χ2v) is 9.73. The highest BCUT2D eigenvalue weighted by Gasteiger charge is 2.11. The van der Waals surface area contributed by atoms with Crippen LogP contribution in [0.2, 0.25) is 0 Å². The lowest BCUT2D eigenvalue weighted by Crippen LogP contribution is -2.28. The fourth-order valence-electron chi connectivity index (χ4n) is 4.58. The van der Waals surface area contributed by atoms with E-state index in [1.54, 1.807) is 0 Å². The molecule has 6 aromatic rings. The summed E-state index contributed by atoms with van der Waals surface area (Å²) < 4.78 is 3.04. The molecule has 0 bridgehead atoms. The van der Waals surface area contributed by atoms with Gasteiger partial charge in [-0.1, -0.05) is 84.9 Å². The Morgan fingerprint density at radius 3 is 1.17 bits per heavy atom. The van der Waals surface area contributed by atoms with Crippen LogP contribution in [0.4, 0.5) is 0 Å². The van der Waals surface area contributed by atoms with Gasteiger partial charge in [-0.2, -0.15) is 7.39 Å². The molecule has 0 aromatic heterocycles. The Labute approximate surface area is 179 Å². The molecule has 0 aliphatic rings. The molecule has 0 radical (unpaired) electrons. The Kier molecular flexibility index (Phi) is 4.04. The molecule has 0 unspecified atom stereocenters. The van der Waals surface area contributed by atoms with Crippen molar-refractivity contribution in [2.24, 2.45) is 0 Å². The van der Waals surface area contributed by atoms with Gasteiger partial charge in [0.2, 0.25) is 0 Å². The molecule has 6 rings (SSSR count). The third-order valence-corrected chi connectivity index (χ3v) is 8.05. The molecule has 0 spiro atoms. The zero-order chi connectivity index (χ0) is 19.2. The quantitative estimate of drug-likeness (QED) is 0.258. The lowest BCUT2D eigenvalue weighted by atomic mass is 10.0. The minimum Gasteiger partial charge on any atom is -0.157 e. The number of hydrogen-bond donors (Lipinski definition) is 0. The zero-order valence-electron chi connectivity index (χ0n) is 16.1. The summed E-state index contributed by atoms with van der Waals surface area (Å²) in [7, 11) is 0. The van der Waals surface area contributed by atoms with Crippen molar-refractivity contribution in [1.82, 2.24) is 0 Å². The SMILES string of the molecule is c1ccc2cc3[c]([Mg][c]4cccc5cc6ccccc6cc45)cccc3cc2c1. The second kappa shape index (κ2) is 6.87. The topological polar surface area (TPSA) is 0 Å². The van der Waals surface area contributed by atoms with E-state index in [-0.39, 0.29) is 0 Å². The van der Waals surface area contributed by atoms with E-state index in [4.69, 9.17) is 0 Å². The number of rotatable bonds is 2. The van der Waals surface area contributed by atoms with Crippen LogP contribution in [0.5, 0.6) is 0 Å². The smallest absolute Gasteiger partial charge is 0.157 e. The van der Waals surface area contributed by atoms with Gasteiger partial charge in [0.15, 0.2) is 0 Å². The largest absolute Gasteiger partial charge is 0.452 e. The molecule has 0 saturated heterocycles. The summed E-state index contributed by atoms with van der Waals surface area (Å²) in [5.41, 5.74) is 0. The number of fused-ring (bicyclic) bond motifs is 4. The molecule has 0 aliphatic heterocycles. The van der Waals surface area contributed by atoms with Gasteiger partial charge >= 0.3 is 20.4 Å². The van der Waals surface area contributed by atoms with Crippen molar-refractivity contribution in [3.63, 3.8) is 0 Å². The predicted octanol–water partition coefficient (Wildman–Crippen LogP) is 5.95. The highest BCUT2D eigenvalue weighted by atomic mass is 24.5. The van der Waals surface area contributed by atoms with Crippen molar-refractivity contribution in [3.05, 3.63) is 109 Å². The summed E-state index contributed by atoms with van der Waals surface area (Å²) >= 11 is -0.610. The van der Waals surface area contributed by atoms with E-state index in [1.807, 2.05) is 0 Å². The van der Waals surface area contributed by atoms with Crippen LogP contribution in [0.25, 0.3) is 43.1 Å². The number of hydrogen-bond acceptors (Lipinski definition) is 0. The summed E-state index contributed by atoms with van der Waals surface area (Å²) in [6.45, 7) is 0. The Morgan fingerprint density at radius 1 is 0.345 bits per heavy atom. The van der Waals surface area contributed by atoms with Crippen LogP contribution in [-0.2, 0) is 0 Å². The summed E-state index contributed by atoms with van der Waals surface area (Å²) in [6, 6.07) is 40.4. The van der Waals surface area contributed by atoms with Crippen molar-refractivity contribution in [1.29, 1.82) is 0 Å². The van der Waals surface area contributed by atoms with Crippen molar-refractivity contribution in [2.45, 2.75) is 0 Å². The molecule has 0 N–H and O–H groups in total. The first kappa shape index (κ1) is 17.0. The maximum Gasteiger partial charge on any atom is 0.452 e. The Balaban J connectivity index is 1.55. The molecular formula is C28H18Mg. The van der Waals surface area contributed by atoms with Gasteiger partial charge in [-0.05, 0) is 67.4 Å². The normalized spacial score (nSPS) is 11.3. The molecule has 0 aliphatic carbocycles. The van der Waals surface area contributed by atoms with E-state index < -0.39 is 20.4 Å². The maximum atomic E-state index is 2.38. The fourth-order valence-corrected chi connectivity index (χ4v) is 6.49.